The number of fused-ring (bicyclic) bond motifs is 1. The third-order valence-electron chi connectivity index (χ3n) is 4.91. The van der Waals surface area contributed by atoms with E-state index in [1.165, 1.54) is 17.8 Å². The second-order valence-corrected chi connectivity index (χ2v) is 7.16. The van der Waals surface area contributed by atoms with Crippen molar-refractivity contribution in [1.29, 1.82) is 0 Å². The second kappa shape index (κ2) is 8.36. The maximum atomic E-state index is 12.6. The van der Waals surface area contributed by atoms with Gasteiger partial charge in [-0.25, -0.2) is 4.98 Å². The Kier molecular flexibility index (Phi) is 5.48. The average molecular weight is 393 g/mol. The summed E-state index contributed by atoms with van der Waals surface area (Å²) in [4.78, 5) is 35.8. The molecule has 0 radical (unpaired) electrons. The fourth-order valence-electron chi connectivity index (χ4n) is 3.48. The number of nitrogens with zero attached hydrogens (tertiary/aromatic N) is 6. The smallest absolute Gasteiger partial charge is 0.254 e. The zero-order valence-corrected chi connectivity index (χ0v) is 16.3. The topological polar surface area (TPSA) is 97.9 Å². The number of rotatable bonds is 5. The normalized spacial score (nSPS) is 14.2. The van der Waals surface area contributed by atoms with E-state index in [0.717, 1.165) is 25.3 Å². The van der Waals surface area contributed by atoms with Gasteiger partial charge < -0.3 is 5.32 Å². The lowest BCUT2D eigenvalue weighted by molar-refractivity contribution is 0.0950. The molecule has 9 nitrogen and oxygen atoms in total. The molecule has 0 fully saturated rings. The lowest BCUT2D eigenvalue weighted by atomic mass is 10.2. The van der Waals surface area contributed by atoms with Crippen LogP contribution in [0.15, 0.2) is 47.8 Å². The van der Waals surface area contributed by atoms with Gasteiger partial charge in [0.2, 0.25) is 0 Å². The van der Waals surface area contributed by atoms with Crippen LogP contribution in [0.2, 0.25) is 0 Å². The van der Waals surface area contributed by atoms with Crippen LogP contribution < -0.4 is 10.9 Å². The largest absolute Gasteiger partial charge is 0.346 e. The molecule has 0 atom stereocenters. The highest BCUT2D eigenvalue weighted by Gasteiger charge is 2.18. The number of carbonyl (C=O) groups excluding carboxylic acids is 1. The van der Waals surface area contributed by atoms with Crippen molar-refractivity contribution in [2.45, 2.75) is 32.6 Å². The summed E-state index contributed by atoms with van der Waals surface area (Å²) in [7, 11) is 1.75. The van der Waals surface area contributed by atoms with Gasteiger partial charge in [0.15, 0.2) is 0 Å². The molecule has 29 heavy (non-hydrogen) atoms. The van der Waals surface area contributed by atoms with Crippen molar-refractivity contribution >= 4 is 5.91 Å². The fourth-order valence-corrected chi connectivity index (χ4v) is 3.48. The molecule has 4 rings (SSSR count). The summed E-state index contributed by atoms with van der Waals surface area (Å²) in [5, 5.41) is 6.80. The molecule has 0 unspecified atom stereocenters. The molecule has 150 valence electrons. The fraction of sp³-hybridized carbons (Fsp3) is 0.350. The molecule has 0 aliphatic carbocycles. The van der Waals surface area contributed by atoms with E-state index in [1.54, 1.807) is 34.9 Å². The number of aryl methyl sites for hydroxylation is 1. The predicted octanol–water partition coefficient (Wildman–Crippen LogP) is 0.708. The molecule has 1 aliphatic heterocycles. The molecule has 3 aromatic heterocycles. The lowest BCUT2D eigenvalue weighted by Crippen LogP contribution is -2.29. The maximum Gasteiger partial charge on any atom is 0.254 e. The van der Waals surface area contributed by atoms with E-state index in [9.17, 15) is 9.59 Å². The monoisotopic (exact) mass is 393 g/mol. The summed E-state index contributed by atoms with van der Waals surface area (Å²) in [6, 6.07) is 5.50. The molecule has 1 aliphatic rings. The minimum atomic E-state index is -0.241. The first-order valence-electron chi connectivity index (χ1n) is 9.56. The Morgan fingerprint density at radius 2 is 2.07 bits per heavy atom. The highest BCUT2D eigenvalue weighted by Crippen LogP contribution is 2.13. The van der Waals surface area contributed by atoms with Crippen LogP contribution in [0.3, 0.4) is 0 Å². The molecular formula is C20H23N7O2. The zero-order valence-electron chi connectivity index (χ0n) is 16.3. The van der Waals surface area contributed by atoms with Gasteiger partial charge in [-0.1, -0.05) is 0 Å². The molecule has 0 bridgehead atoms. The number of amides is 1. The first kappa shape index (κ1) is 19.0. The Bertz CT molecular complexity index is 1060. The summed E-state index contributed by atoms with van der Waals surface area (Å²) >= 11 is 0. The first-order chi connectivity index (χ1) is 14.1. The third kappa shape index (κ3) is 4.57. The van der Waals surface area contributed by atoms with Crippen molar-refractivity contribution < 1.29 is 4.79 Å². The zero-order chi connectivity index (χ0) is 20.2. The van der Waals surface area contributed by atoms with Gasteiger partial charge in [0.05, 0.1) is 30.5 Å². The van der Waals surface area contributed by atoms with Gasteiger partial charge in [0.25, 0.3) is 11.5 Å². The van der Waals surface area contributed by atoms with E-state index in [2.05, 4.69) is 25.3 Å². The van der Waals surface area contributed by atoms with Crippen LogP contribution in [0.4, 0.5) is 0 Å². The number of aromatic nitrogens is 5. The third-order valence-corrected chi connectivity index (χ3v) is 4.91. The van der Waals surface area contributed by atoms with Gasteiger partial charge in [0, 0.05) is 51.3 Å². The summed E-state index contributed by atoms with van der Waals surface area (Å²) in [5.41, 5.74) is 2.13. The standard InChI is InChI=1S/C20H23N7O2/c1-25-13-16(10-23-25)20(29)22-11-17-9-19(28)27-8-2-7-26(14-18(27)24-17)12-15-3-5-21-6-4-15/h3-6,9-10,13H,2,7-8,11-12,14H2,1H3,(H,22,29). The van der Waals surface area contributed by atoms with Crippen LogP contribution in [0.1, 0.15) is 33.9 Å². The van der Waals surface area contributed by atoms with Gasteiger partial charge in [-0.2, -0.15) is 5.10 Å². The van der Waals surface area contributed by atoms with Crippen LogP contribution in [0.25, 0.3) is 0 Å². The van der Waals surface area contributed by atoms with Crippen molar-refractivity contribution in [1.82, 2.24) is 34.5 Å². The average Bonchev–Trinajstić information content (AvgIpc) is 3.04. The van der Waals surface area contributed by atoms with Crippen LogP contribution >= 0.6 is 0 Å². The SMILES string of the molecule is Cn1cc(C(=O)NCc2cc(=O)n3c(n2)CN(Cc2ccncc2)CCC3)cn1. The van der Waals surface area contributed by atoms with Crippen molar-refractivity contribution in [2.75, 3.05) is 6.54 Å². The van der Waals surface area contributed by atoms with Crippen molar-refractivity contribution in [3.8, 4) is 0 Å². The summed E-state index contributed by atoms with van der Waals surface area (Å²) < 4.78 is 3.30. The number of hydrogen-bond acceptors (Lipinski definition) is 6. The maximum absolute atomic E-state index is 12.6. The van der Waals surface area contributed by atoms with Crippen LogP contribution in [0.5, 0.6) is 0 Å². The molecule has 0 spiro atoms. The van der Waals surface area contributed by atoms with E-state index in [-0.39, 0.29) is 18.0 Å². The molecule has 0 saturated carbocycles. The van der Waals surface area contributed by atoms with Gasteiger partial charge in [0.1, 0.15) is 5.82 Å². The Hall–Kier alpha value is -3.33. The molecule has 9 heteroatoms. The minimum Gasteiger partial charge on any atom is -0.346 e. The molecule has 1 amide bonds. The van der Waals surface area contributed by atoms with E-state index in [0.29, 0.717) is 24.3 Å². The number of pyridine rings is 1. The molecule has 1 N–H and O–H groups in total. The Balaban J connectivity index is 1.48. The van der Waals surface area contributed by atoms with Crippen molar-refractivity contribution in [3.05, 3.63) is 76.0 Å². The summed E-state index contributed by atoms with van der Waals surface area (Å²) in [5.74, 6) is 0.490. The number of hydrogen-bond donors (Lipinski definition) is 1. The second-order valence-electron chi connectivity index (χ2n) is 7.16. The van der Waals surface area contributed by atoms with Gasteiger partial charge >= 0.3 is 0 Å². The van der Waals surface area contributed by atoms with Gasteiger partial charge in [-0.05, 0) is 24.1 Å². The van der Waals surface area contributed by atoms with Crippen molar-refractivity contribution in [3.63, 3.8) is 0 Å². The highest BCUT2D eigenvalue weighted by atomic mass is 16.1. The van der Waals surface area contributed by atoms with E-state index in [4.69, 9.17) is 0 Å². The Morgan fingerprint density at radius 3 is 2.83 bits per heavy atom. The summed E-state index contributed by atoms with van der Waals surface area (Å²) in [6.45, 7) is 3.10. The Morgan fingerprint density at radius 1 is 1.24 bits per heavy atom. The summed E-state index contributed by atoms with van der Waals surface area (Å²) in [6.07, 6.45) is 7.60. The van der Waals surface area contributed by atoms with Gasteiger partial charge in [-0.15, -0.1) is 0 Å². The van der Waals surface area contributed by atoms with E-state index >= 15 is 0 Å². The molecule has 3 aromatic rings. The predicted molar refractivity (Wildman–Crippen MR) is 106 cm³/mol. The highest BCUT2D eigenvalue weighted by molar-refractivity contribution is 5.93. The number of nitrogens with one attached hydrogen (secondary N) is 1. The quantitative estimate of drug-likeness (QED) is 0.686. The lowest BCUT2D eigenvalue weighted by Gasteiger charge is -2.19. The van der Waals surface area contributed by atoms with Crippen LogP contribution in [0, 0.1) is 0 Å². The number of carbonyl (C=O) groups is 1. The molecule has 0 aromatic carbocycles. The van der Waals surface area contributed by atoms with Crippen LogP contribution in [-0.2, 0) is 33.2 Å². The first-order valence-corrected chi connectivity index (χ1v) is 9.56. The van der Waals surface area contributed by atoms with Crippen LogP contribution in [-0.4, -0.2) is 41.7 Å². The molecule has 0 saturated heterocycles. The van der Waals surface area contributed by atoms with E-state index in [1.807, 2.05) is 12.1 Å². The minimum absolute atomic E-state index is 0.0774. The van der Waals surface area contributed by atoms with E-state index < -0.39 is 0 Å². The molecular weight excluding hydrogens is 370 g/mol. The Labute approximate surface area is 168 Å². The van der Waals surface area contributed by atoms with Gasteiger partial charge in [-0.3, -0.25) is 28.7 Å². The molecule has 4 heterocycles. The van der Waals surface area contributed by atoms with Crippen molar-refractivity contribution in [2.24, 2.45) is 7.05 Å².